The number of alkyl halides is 2. The van der Waals surface area contributed by atoms with Gasteiger partial charge in [-0.1, -0.05) is 11.6 Å². The molecular formula is C25H30F3N5O3. The molecule has 4 aliphatic rings. The maximum atomic E-state index is 13.6. The summed E-state index contributed by atoms with van der Waals surface area (Å²) in [7, 11) is 0. The van der Waals surface area contributed by atoms with Crippen LogP contribution in [0, 0.1) is 11.2 Å². The highest BCUT2D eigenvalue weighted by molar-refractivity contribution is 5.82. The first-order chi connectivity index (χ1) is 17.2. The van der Waals surface area contributed by atoms with Crippen LogP contribution < -0.4 is 5.32 Å². The lowest BCUT2D eigenvalue weighted by Crippen LogP contribution is -2.62. The van der Waals surface area contributed by atoms with Crippen molar-refractivity contribution in [3.8, 4) is 0 Å². The van der Waals surface area contributed by atoms with Crippen molar-refractivity contribution >= 4 is 5.91 Å². The van der Waals surface area contributed by atoms with E-state index in [-0.39, 0.29) is 30.1 Å². The Hall–Kier alpha value is -2.53. The lowest BCUT2D eigenvalue weighted by molar-refractivity contribution is -0.141. The second-order valence-corrected chi connectivity index (χ2v) is 11.1. The van der Waals surface area contributed by atoms with Crippen LogP contribution in [0.2, 0.25) is 0 Å². The molecule has 194 valence electrons. The Bertz CT molecular complexity index is 1120. The molecule has 6 rings (SSSR count). The van der Waals surface area contributed by atoms with Crippen molar-refractivity contribution in [2.24, 2.45) is 5.41 Å². The molecule has 0 aromatic carbocycles. The normalized spacial score (nSPS) is 28.9. The lowest BCUT2D eigenvalue weighted by Gasteiger charge is -2.51. The Balaban J connectivity index is 1.19. The molecule has 4 heterocycles. The maximum absolute atomic E-state index is 13.6. The molecule has 0 radical (unpaired) electrons. The number of nitrogens with zero attached hydrogens (tertiary/aromatic N) is 4. The highest BCUT2D eigenvalue weighted by atomic mass is 19.3. The van der Waals surface area contributed by atoms with Crippen LogP contribution in [0.3, 0.4) is 0 Å². The van der Waals surface area contributed by atoms with Crippen LogP contribution >= 0.6 is 0 Å². The fourth-order valence-corrected chi connectivity index (χ4v) is 6.34. The Morgan fingerprint density at radius 3 is 2.50 bits per heavy atom. The molecular weight excluding hydrogens is 475 g/mol. The maximum Gasteiger partial charge on any atom is 0.249 e. The Morgan fingerprint density at radius 2 is 1.92 bits per heavy atom. The van der Waals surface area contributed by atoms with Gasteiger partial charge in [-0.25, -0.2) is 13.2 Å². The summed E-state index contributed by atoms with van der Waals surface area (Å²) in [5.41, 5.74) is -0.350. The van der Waals surface area contributed by atoms with E-state index in [0.29, 0.717) is 50.4 Å². The van der Waals surface area contributed by atoms with Crippen molar-refractivity contribution < 1.29 is 27.6 Å². The summed E-state index contributed by atoms with van der Waals surface area (Å²) < 4.78 is 45.8. The van der Waals surface area contributed by atoms with E-state index in [2.05, 4.69) is 20.4 Å². The molecule has 1 amide bonds. The van der Waals surface area contributed by atoms with Crippen LogP contribution in [-0.2, 0) is 10.2 Å². The minimum atomic E-state index is -2.71. The molecule has 2 N–H and O–H groups in total. The van der Waals surface area contributed by atoms with Gasteiger partial charge in [0.25, 0.3) is 0 Å². The average Bonchev–Trinajstić information content (AvgIpc) is 3.32. The number of hydrogen-bond acceptors (Lipinski definition) is 7. The molecule has 2 aromatic heterocycles. The summed E-state index contributed by atoms with van der Waals surface area (Å²) in [4.78, 5) is 23.9. The molecule has 4 fully saturated rings. The monoisotopic (exact) mass is 505 g/mol. The van der Waals surface area contributed by atoms with Crippen LogP contribution in [0.4, 0.5) is 13.2 Å². The van der Waals surface area contributed by atoms with Crippen molar-refractivity contribution in [1.29, 1.82) is 0 Å². The van der Waals surface area contributed by atoms with Gasteiger partial charge in [-0.2, -0.15) is 4.98 Å². The fraction of sp³-hybridized carbons (Fsp3) is 0.680. The van der Waals surface area contributed by atoms with Gasteiger partial charge in [0.1, 0.15) is 5.82 Å². The second kappa shape index (κ2) is 8.51. The summed E-state index contributed by atoms with van der Waals surface area (Å²) in [5.74, 6) is -3.20. The van der Waals surface area contributed by atoms with Gasteiger partial charge in [-0.15, -0.1) is 0 Å². The number of pyridine rings is 1. The molecule has 2 saturated carbocycles. The smallest absolute Gasteiger partial charge is 0.249 e. The molecule has 36 heavy (non-hydrogen) atoms. The summed E-state index contributed by atoms with van der Waals surface area (Å²) in [5, 5.41) is 18.2. The third-order valence-electron chi connectivity index (χ3n) is 8.97. The first kappa shape index (κ1) is 23.8. The number of likely N-dealkylation sites (tertiary alicyclic amines) is 1. The molecule has 2 atom stereocenters. The number of hydrogen-bond donors (Lipinski definition) is 2. The number of aromatic nitrogens is 3. The third kappa shape index (κ3) is 3.91. The minimum Gasteiger partial charge on any atom is -0.392 e. The summed E-state index contributed by atoms with van der Waals surface area (Å²) >= 11 is 0. The number of piperidine rings is 2. The fourth-order valence-electron chi connectivity index (χ4n) is 6.34. The van der Waals surface area contributed by atoms with Gasteiger partial charge in [0.2, 0.25) is 17.7 Å². The number of amides is 1. The molecule has 11 heteroatoms. The van der Waals surface area contributed by atoms with E-state index in [1.54, 1.807) is 11.0 Å². The zero-order valence-corrected chi connectivity index (χ0v) is 19.9. The summed E-state index contributed by atoms with van der Waals surface area (Å²) in [6.07, 6.45) is 4.36. The van der Waals surface area contributed by atoms with E-state index < -0.39 is 35.2 Å². The SMILES string of the molecule is O=C([C@@H]1C[C@@H](O)C2(CCC2)CN1)N1CCC(c2ccc(F)cn2)(c2noc(C3CC(F)(F)C3)n2)CC1. The van der Waals surface area contributed by atoms with Crippen LogP contribution in [0.5, 0.6) is 0 Å². The number of rotatable bonds is 4. The highest BCUT2D eigenvalue weighted by Gasteiger charge is 2.51. The predicted molar refractivity (Wildman–Crippen MR) is 121 cm³/mol. The van der Waals surface area contributed by atoms with Crippen molar-refractivity contribution in [3.05, 3.63) is 41.6 Å². The second-order valence-electron chi connectivity index (χ2n) is 11.1. The Morgan fingerprint density at radius 1 is 1.17 bits per heavy atom. The van der Waals surface area contributed by atoms with Crippen molar-refractivity contribution in [2.45, 2.75) is 80.8 Å². The van der Waals surface area contributed by atoms with E-state index in [1.807, 2.05) is 0 Å². The Labute approximate surface area is 206 Å². The predicted octanol–water partition coefficient (Wildman–Crippen LogP) is 2.92. The molecule has 2 aromatic rings. The van der Waals surface area contributed by atoms with E-state index in [4.69, 9.17) is 4.52 Å². The summed E-state index contributed by atoms with van der Waals surface area (Å²) in [6, 6.07) is 2.47. The van der Waals surface area contributed by atoms with Gasteiger partial charge in [0.05, 0.1) is 29.5 Å². The quantitative estimate of drug-likeness (QED) is 0.659. The topological polar surface area (TPSA) is 104 Å². The van der Waals surface area contributed by atoms with Crippen molar-refractivity contribution in [1.82, 2.24) is 25.3 Å². The number of carbonyl (C=O) groups excluding carboxylic acids is 1. The van der Waals surface area contributed by atoms with Gasteiger partial charge in [0.15, 0.2) is 5.82 Å². The molecule has 2 aliphatic carbocycles. The van der Waals surface area contributed by atoms with Crippen LogP contribution in [-0.4, -0.2) is 68.7 Å². The molecule has 0 bridgehead atoms. The van der Waals surface area contributed by atoms with Gasteiger partial charge in [-0.3, -0.25) is 9.78 Å². The highest BCUT2D eigenvalue weighted by Crippen LogP contribution is 2.49. The molecule has 1 spiro atoms. The summed E-state index contributed by atoms with van der Waals surface area (Å²) in [6.45, 7) is 1.43. The van der Waals surface area contributed by atoms with Crippen LogP contribution in [0.25, 0.3) is 0 Å². The zero-order chi connectivity index (χ0) is 25.1. The first-order valence-electron chi connectivity index (χ1n) is 12.7. The Kier molecular flexibility index (Phi) is 5.64. The standard InChI is InChI=1S/C25H30F3N5O3/c26-16-2-3-18(29-13-16)24(22-31-20(36-32-22)15-11-25(27,28)12-15)6-8-33(9-7-24)21(35)17-10-19(34)23(14-30-17)4-1-5-23/h2-3,13,15,17,19,30,34H,1,4-12,14H2/t17-,19+/m0/s1. The number of halogens is 3. The first-order valence-corrected chi connectivity index (χ1v) is 12.7. The van der Waals surface area contributed by atoms with E-state index in [1.165, 1.54) is 6.07 Å². The van der Waals surface area contributed by atoms with E-state index in [9.17, 15) is 23.1 Å². The molecule has 0 unspecified atom stereocenters. The van der Waals surface area contributed by atoms with Gasteiger partial charge in [-0.05, 0) is 44.2 Å². The lowest BCUT2D eigenvalue weighted by atomic mass is 9.62. The average molecular weight is 506 g/mol. The van der Waals surface area contributed by atoms with Gasteiger partial charge < -0.3 is 19.8 Å². The minimum absolute atomic E-state index is 0.0469. The molecule has 8 nitrogen and oxygen atoms in total. The van der Waals surface area contributed by atoms with Gasteiger partial charge >= 0.3 is 0 Å². The van der Waals surface area contributed by atoms with Crippen molar-refractivity contribution in [3.63, 3.8) is 0 Å². The van der Waals surface area contributed by atoms with Gasteiger partial charge in [0, 0.05) is 43.8 Å². The number of aliphatic hydroxyl groups excluding tert-OH is 1. The molecule has 2 saturated heterocycles. The van der Waals surface area contributed by atoms with Crippen LogP contribution in [0.15, 0.2) is 22.9 Å². The number of carbonyl (C=O) groups is 1. The third-order valence-corrected chi connectivity index (χ3v) is 8.97. The van der Waals surface area contributed by atoms with Crippen molar-refractivity contribution in [2.75, 3.05) is 19.6 Å². The number of nitrogens with one attached hydrogen (secondary N) is 1. The molecule has 2 aliphatic heterocycles. The van der Waals surface area contributed by atoms with E-state index in [0.717, 1.165) is 25.5 Å². The largest absolute Gasteiger partial charge is 0.392 e. The van der Waals surface area contributed by atoms with E-state index >= 15 is 0 Å². The number of aliphatic hydroxyl groups is 1. The van der Waals surface area contributed by atoms with Crippen LogP contribution in [0.1, 0.15) is 74.7 Å². The zero-order valence-electron chi connectivity index (χ0n) is 19.9.